The summed E-state index contributed by atoms with van der Waals surface area (Å²) in [4.78, 5) is 0. The fourth-order valence-electron chi connectivity index (χ4n) is 2.45. The molecule has 0 radical (unpaired) electrons. The van der Waals surface area contributed by atoms with Crippen LogP contribution in [0.25, 0.3) is 21.5 Å². The Hall–Kier alpha value is -0.680. The summed E-state index contributed by atoms with van der Waals surface area (Å²) in [6.45, 7) is 0. The van der Waals surface area contributed by atoms with Crippen LogP contribution in [-0.2, 0) is 0 Å². The summed E-state index contributed by atoms with van der Waals surface area (Å²) < 4.78 is 4.56. The van der Waals surface area contributed by atoms with Crippen LogP contribution < -0.4 is 0 Å². The van der Waals surface area contributed by atoms with E-state index in [0.717, 1.165) is 17.9 Å². The Kier molecular flexibility index (Phi) is 6.14. The molecular weight excluding hydrogens is 560 g/mol. The molecule has 4 aromatic carbocycles. The van der Waals surface area contributed by atoms with E-state index in [4.69, 9.17) is 0 Å². The molecule has 0 unspecified atom stereocenters. The molecule has 4 heteroatoms. The van der Waals surface area contributed by atoms with Crippen molar-refractivity contribution in [1.29, 1.82) is 0 Å². The zero-order valence-corrected chi connectivity index (χ0v) is 18.8. The van der Waals surface area contributed by atoms with Crippen molar-refractivity contribution in [3.05, 3.63) is 90.7 Å². The molecular formula is C20H12Br4. The number of rotatable bonds is 0. The Morgan fingerprint density at radius 3 is 0.750 bits per heavy atom. The highest BCUT2D eigenvalue weighted by Crippen LogP contribution is 2.30. The summed E-state index contributed by atoms with van der Waals surface area (Å²) >= 11 is 14.0. The number of hydrogen-bond donors (Lipinski definition) is 0. The predicted molar refractivity (Wildman–Crippen MR) is 119 cm³/mol. The van der Waals surface area contributed by atoms with Crippen molar-refractivity contribution < 1.29 is 0 Å². The van der Waals surface area contributed by atoms with Gasteiger partial charge in [0.15, 0.2) is 0 Å². The van der Waals surface area contributed by atoms with E-state index >= 15 is 0 Å². The molecule has 0 fully saturated rings. The lowest BCUT2D eigenvalue weighted by molar-refractivity contribution is 1.67. The van der Waals surface area contributed by atoms with Gasteiger partial charge in [-0.05, 0) is 45.8 Å². The van der Waals surface area contributed by atoms with Gasteiger partial charge < -0.3 is 0 Å². The fraction of sp³-hybridized carbons (Fsp3) is 0. The van der Waals surface area contributed by atoms with Crippen molar-refractivity contribution >= 4 is 85.3 Å². The molecule has 0 heterocycles. The Morgan fingerprint density at radius 2 is 0.542 bits per heavy atom. The zero-order valence-electron chi connectivity index (χ0n) is 12.4. The highest BCUT2D eigenvalue weighted by atomic mass is 79.9. The zero-order chi connectivity index (χ0) is 17.1. The van der Waals surface area contributed by atoms with Gasteiger partial charge in [0, 0.05) is 17.9 Å². The molecule has 0 aliphatic heterocycles. The van der Waals surface area contributed by atoms with Crippen LogP contribution in [0.15, 0.2) is 90.7 Å². The van der Waals surface area contributed by atoms with E-state index in [1.807, 2.05) is 48.5 Å². The van der Waals surface area contributed by atoms with Gasteiger partial charge in [0.05, 0.1) is 0 Å². The van der Waals surface area contributed by atoms with Crippen molar-refractivity contribution in [2.45, 2.75) is 0 Å². The van der Waals surface area contributed by atoms with Crippen LogP contribution in [0.1, 0.15) is 0 Å². The maximum atomic E-state index is 3.51. The molecule has 0 atom stereocenters. The summed E-state index contributed by atoms with van der Waals surface area (Å²) in [6.07, 6.45) is 0. The molecule has 0 spiro atoms. The van der Waals surface area contributed by atoms with Gasteiger partial charge in [-0.1, -0.05) is 112 Å². The first-order chi connectivity index (χ1) is 11.6. The lowest BCUT2D eigenvalue weighted by Gasteiger charge is -2.01. The van der Waals surface area contributed by atoms with E-state index in [-0.39, 0.29) is 0 Å². The van der Waals surface area contributed by atoms with Crippen molar-refractivity contribution in [2.24, 2.45) is 0 Å². The summed E-state index contributed by atoms with van der Waals surface area (Å²) in [6, 6.07) is 24.8. The highest BCUT2D eigenvalue weighted by Gasteiger charge is 2.00. The first-order valence-electron chi connectivity index (χ1n) is 7.23. The van der Waals surface area contributed by atoms with Crippen molar-refractivity contribution in [2.75, 3.05) is 0 Å². The van der Waals surface area contributed by atoms with Crippen molar-refractivity contribution in [3.63, 3.8) is 0 Å². The second-order valence-corrected chi connectivity index (χ2v) is 8.57. The Morgan fingerprint density at radius 1 is 0.333 bits per heavy atom. The Balaban J connectivity index is 0.000000141. The summed E-state index contributed by atoms with van der Waals surface area (Å²) in [5, 5.41) is 4.97. The number of benzene rings is 4. The lowest BCUT2D eigenvalue weighted by Crippen LogP contribution is -1.74. The summed E-state index contributed by atoms with van der Waals surface area (Å²) in [5.74, 6) is 0. The molecule has 24 heavy (non-hydrogen) atoms. The molecule has 0 aliphatic rings. The third-order valence-electron chi connectivity index (χ3n) is 3.64. The van der Waals surface area contributed by atoms with E-state index in [0.29, 0.717) is 0 Å². The highest BCUT2D eigenvalue weighted by molar-refractivity contribution is 9.11. The van der Waals surface area contributed by atoms with Gasteiger partial charge in [-0.3, -0.25) is 0 Å². The minimum Gasteiger partial charge on any atom is -0.0616 e. The number of hydrogen-bond acceptors (Lipinski definition) is 0. The molecule has 0 aromatic heterocycles. The molecule has 0 aliphatic carbocycles. The smallest absolute Gasteiger partial charge is 0.0254 e. The minimum atomic E-state index is 1.14. The van der Waals surface area contributed by atoms with Crippen LogP contribution in [0.2, 0.25) is 0 Å². The molecule has 4 rings (SSSR count). The second kappa shape index (κ2) is 8.13. The SMILES string of the molecule is Brc1ccc(Br)c2ccccc12.Brc1ccc(Br)c2ccccc12. The largest absolute Gasteiger partial charge is 0.0616 e. The van der Waals surface area contributed by atoms with Crippen LogP contribution in [-0.4, -0.2) is 0 Å². The monoisotopic (exact) mass is 568 g/mol. The van der Waals surface area contributed by atoms with Gasteiger partial charge in [-0.2, -0.15) is 0 Å². The van der Waals surface area contributed by atoms with Gasteiger partial charge in [0.2, 0.25) is 0 Å². The summed E-state index contributed by atoms with van der Waals surface area (Å²) in [7, 11) is 0. The molecule has 0 N–H and O–H groups in total. The van der Waals surface area contributed by atoms with Gasteiger partial charge >= 0.3 is 0 Å². The lowest BCUT2D eigenvalue weighted by atomic mass is 10.1. The second-order valence-electron chi connectivity index (χ2n) is 5.15. The first kappa shape index (κ1) is 18.1. The van der Waals surface area contributed by atoms with Gasteiger partial charge in [-0.25, -0.2) is 0 Å². The predicted octanol–water partition coefficient (Wildman–Crippen LogP) is 8.73. The Labute approximate surface area is 174 Å². The van der Waals surface area contributed by atoms with Crippen LogP contribution in [0.5, 0.6) is 0 Å². The third kappa shape index (κ3) is 3.93. The van der Waals surface area contributed by atoms with E-state index in [9.17, 15) is 0 Å². The average molecular weight is 572 g/mol. The van der Waals surface area contributed by atoms with Crippen molar-refractivity contribution in [1.82, 2.24) is 0 Å². The molecule has 4 aromatic rings. The first-order valence-corrected chi connectivity index (χ1v) is 10.4. The topological polar surface area (TPSA) is 0 Å². The van der Waals surface area contributed by atoms with E-state index in [1.54, 1.807) is 0 Å². The molecule has 120 valence electrons. The van der Waals surface area contributed by atoms with Crippen LogP contribution in [0.3, 0.4) is 0 Å². The van der Waals surface area contributed by atoms with E-state index < -0.39 is 0 Å². The molecule has 0 saturated carbocycles. The minimum absolute atomic E-state index is 1.14. The molecule has 0 nitrogen and oxygen atoms in total. The van der Waals surface area contributed by atoms with Crippen molar-refractivity contribution in [3.8, 4) is 0 Å². The quantitative estimate of drug-likeness (QED) is 0.198. The van der Waals surface area contributed by atoms with Gasteiger partial charge in [-0.15, -0.1) is 0 Å². The standard InChI is InChI=1S/2C10H6Br2/c2*11-9-5-6-10(12)8-4-2-1-3-7(8)9/h2*1-6H. The number of fused-ring (bicyclic) bond motifs is 2. The van der Waals surface area contributed by atoms with E-state index in [1.165, 1.54) is 21.5 Å². The average Bonchev–Trinajstić information content (AvgIpc) is 2.63. The molecule has 0 bridgehead atoms. The third-order valence-corrected chi connectivity index (χ3v) is 6.40. The summed E-state index contributed by atoms with van der Waals surface area (Å²) in [5.41, 5.74) is 0. The van der Waals surface area contributed by atoms with Crippen LogP contribution in [0, 0.1) is 0 Å². The Bertz CT molecular complexity index is 844. The maximum absolute atomic E-state index is 3.51. The molecule has 0 saturated heterocycles. The maximum Gasteiger partial charge on any atom is 0.0254 e. The number of halogens is 4. The fourth-order valence-corrected chi connectivity index (χ4v) is 4.36. The van der Waals surface area contributed by atoms with Crippen LogP contribution >= 0.6 is 63.7 Å². The van der Waals surface area contributed by atoms with Crippen LogP contribution in [0.4, 0.5) is 0 Å². The van der Waals surface area contributed by atoms with E-state index in [2.05, 4.69) is 88.0 Å². The van der Waals surface area contributed by atoms with Gasteiger partial charge in [0.1, 0.15) is 0 Å². The normalized spacial score (nSPS) is 10.5. The molecule has 0 amide bonds. The van der Waals surface area contributed by atoms with Gasteiger partial charge in [0.25, 0.3) is 0 Å².